The summed E-state index contributed by atoms with van der Waals surface area (Å²) in [4.78, 5) is 11.3. The van der Waals surface area contributed by atoms with Crippen molar-refractivity contribution in [3.05, 3.63) is 54.1 Å². The van der Waals surface area contributed by atoms with Gasteiger partial charge in [-0.1, -0.05) is 24.3 Å². The van der Waals surface area contributed by atoms with Gasteiger partial charge in [-0.05, 0) is 29.8 Å². The average molecular weight is 382 g/mol. The Labute approximate surface area is 168 Å². The molecule has 3 rings (SSSR count). The van der Waals surface area contributed by atoms with Gasteiger partial charge in [0.15, 0.2) is 5.96 Å². The lowest BCUT2D eigenvalue weighted by Crippen LogP contribution is -2.52. The van der Waals surface area contributed by atoms with Crippen LogP contribution < -0.4 is 19.9 Å². The van der Waals surface area contributed by atoms with Gasteiger partial charge in [-0.3, -0.25) is 4.99 Å². The number of piperazine rings is 1. The smallest absolute Gasteiger partial charge is 0.194 e. The molecule has 0 amide bonds. The van der Waals surface area contributed by atoms with Crippen LogP contribution in [0.25, 0.3) is 0 Å². The van der Waals surface area contributed by atoms with E-state index in [9.17, 15) is 0 Å². The van der Waals surface area contributed by atoms with E-state index in [-0.39, 0.29) is 0 Å². The topological polar surface area (TPSA) is 43.3 Å². The van der Waals surface area contributed by atoms with Crippen LogP contribution in [0.2, 0.25) is 0 Å². The maximum atomic E-state index is 5.51. The van der Waals surface area contributed by atoms with E-state index in [1.54, 1.807) is 7.11 Å². The number of methoxy groups -OCH3 is 1. The predicted octanol–water partition coefficient (Wildman–Crippen LogP) is 2.66. The molecule has 2 aromatic rings. The van der Waals surface area contributed by atoms with Crippen LogP contribution in [0.1, 0.15) is 5.56 Å². The Hall–Kier alpha value is -2.89. The standard InChI is InChI=1S/C22H31N5O/c1-23-22(24-17-18-9-11-19(12-10-18)25(2)3)27-15-13-26(14-16-27)20-7-5-6-8-21(20)28-4/h5-12H,13-17H2,1-4H3,(H,23,24). The molecule has 0 saturated carbocycles. The fraction of sp³-hybridized carbons (Fsp3) is 0.409. The Kier molecular flexibility index (Phi) is 6.63. The van der Waals surface area contributed by atoms with Gasteiger partial charge in [0.2, 0.25) is 0 Å². The minimum atomic E-state index is 0.771. The average Bonchev–Trinajstić information content (AvgIpc) is 2.75. The quantitative estimate of drug-likeness (QED) is 0.637. The van der Waals surface area contributed by atoms with Crippen LogP contribution in [0, 0.1) is 0 Å². The number of ether oxygens (including phenoxy) is 1. The zero-order chi connectivity index (χ0) is 19.9. The molecule has 6 heteroatoms. The molecule has 0 bridgehead atoms. The molecule has 1 heterocycles. The van der Waals surface area contributed by atoms with Gasteiger partial charge in [-0.2, -0.15) is 0 Å². The molecule has 0 spiro atoms. The van der Waals surface area contributed by atoms with Gasteiger partial charge in [0.25, 0.3) is 0 Å². The van der Waals surface area contributed by atoms with Gasteiger partial charge < -0.3 is 24.8 Å². The number of aliphatic imine (C=N–C) groups is 1. The Morgan fingerprint density at radius 2 is 1.71 bits per heavy atom. The molecule has 150 valence electrons. The second-order valence-corrected chi connectivity index (χ2v) is 7.11. The first-order valence-electron chi connectivity index (χ1n) is 9.72. The largest absolute Gasteiger partial charge is 0.495 e. The van der Waals surface area contributed by atoms with E-state index in [2.05, 4.69) is 75.5 Å². The number of rotatable bonds is 5. The zero-order valence-corrected chi connectivity index (χ0v) is 17.4. The van der Waals surface area contributed by atoms with Crippen LogP contribution >= 0.6 is 0 Å². The monoisotopic (exact) mass is 381 g/mol. The lowest BCUT2D eigenvalue weighted by atomic mass is 10.2. The number of guanidine groups is 1. The molecule has 2 aromatic carbocycles. The van der Waals surface area contributed by atoms with Crippen LogP contribution in [0.5, 0.6) is 5.75 Å². The molecule has 0 radical (unpaired) electrons. The number of nitrogens with one attached hydrogen (secondary N) is 1. The second-order valence-electron chi connectivity index (χ2n) is 7.11. The summed E-state index contributed by atoms with van der Waals surface area (Å²) in [6.07, 6.45) is 0. The molecule has 1 fully saturated rings. The van der Waals surface area contributed by atoms with Gasteiger partial charge in [0.1, 0.15) is 5.75 Å². The van der Waals surface area contributed by atoms with Crippen LogP contribution in [0.15, 0.2) is 53.5 Å². The summed E-state index contributed by atoms with van der Waals surface area (Å²) in [6.45, 7) is 4.51. The lowest BCUT2D eigenvalue weighted by molar-refractivity contribution is 0.367. The normalized spacial score (nSPS) is 14.8. The molecule has 1 N–H and O–H groups in total. The summed E-state index contributed by atoms with van der Waals surface area (Å²) < 4.78 is 5.51. The molecular formula is C22H31N5O. The minimum Gasteiger partial charge on any atom is -0.495 e. The first-order valence-corrected chi connectivity index (χ1v) is 9.72. The maximum absolute atomic E-state index is 5.51. The SMILES string of the molecule is CN=C(NCc1ccc(N(C)C)cc1)N1CCN(c2ccccc2OC)CC1. The molecular weight excluding hydrogens is 350 g/mol. The Bertz CT molecular complexity index is 780. The van der Waals surface area contributed by atoms with Gasteiger partial charge >= 0.3 is 0 Å². The van der Waals surface area contributed by atoms with Crippen LogP contribution in [0.4, 0.5) is 11.4 Å². The summed E-state index contributed by atoms with van der Waals surface area (Å²) in [5, 5.41) is 3.50. The summed E-state index contributed by atoms with van der Waals surface area (Å²) in [5.41, 5.74) is 3.62. The summed E-state index contributed by atoms with van der Waals surface area (Å²) in [6, 6.07) is 16.8. The van der Waals surface area contributed by atoms with Crippen molar-refractivity contribution < 1.29 is 4.74 Å². The van der Waals surface area contributed by atoms with Gasteiger partial charge in [0.05, 0.1) is 12.8 Å². The fourth-order valence-electron chi connectivity index (χ4n) is 3.48. The highest BCUT2D eigenvalue weighted by Gasteiger charge is 2.21. The van der Waals surface area contributed by atoms with Crippen LogP contribution in [-0.2, 0) is 6.54 Å². The van der Waals surface area contributed by atoms with E-state index in [0.717, 1.165) is 50.1 Å². The lowest BCUT2D eigenvalue weighted by Gasteiger charge is -2.38. The molecule has 1 saturated heterocycles. The number of benzene rings is 2. The van der Waals surface area contributed by atoms with E-state index in [0.29, 0.717) is 0 Å². The molecule has 1 aliphatic rings. The number of hydrogen-bond acceptors (Lipinski definition) is 4. The number of para-hydroxylation sites is 2. The molecule has 1 aliphatic heterocycles. The maximum Gasteiger partial charge on any atom is 0.194 e. The predicted molar refractivity (Wildman–Crippen MR) is 118 cm³/mol. The zero-order valence-electron chi connectivity index (χ0n) is 17.4. The Morgan fingerprint density at radius 3 is 2.32 bits per heavy atom. The number of hydrogen-bond donors (Lipinski definition) is 1. The van der Waals surface area contributed by atoms with E-state index in [1.165, 1.54) is 11.3 Å². The van der Waals surface area contributed by atoms with Crippen molar-refractivity contribution in [2.45, 2.75) is 6.54 Å². The minimum absolute atomic E-state index is 0.771. The third kappa shape index (κ3) is 4.68. The highest BCUT2D eigenvalue weighted by molar-refractivity contribution is 5.80. The highest BCUT2D eigenvalue weighted by atomic mass is 16.5. The van der Waals surface area contributed by atoms with E-state index in [1.807, 2.05) is 19.2 Å². The van der Waals surface area contributed by atoms with Crippen LogP contribution in [0.3, 0.4) is 0 Å². The van der Waals surface area contributed by atoms with Gasteiger partial charge in [-0.15, -0.1) is 0 Å². The first kappa shape index (κ1) is 19.9. The molecule has 0 atom stereocenters. The highest BCUT2D eigenvalue weighted by Crippen LogP contribution is 2.28. The molecule has 0 aromatic heterocycles. The van der Waals surface area contributed by atoms with Crippen molar-refractivity contribution in [2.24, 2.45) is 4.99 Å². The second kappa shape index (κ2) is 9.35. The van der Waals surface area contributed by atoms with Crippen molar-refractivity contribution in [3.8, 4) is 5.75 Å². The molecule has 6 nitrogen and oxygen atoms in total. The van der Waals surface area contributed by atoms with E-state index >= 15 is 0 Å². The number of nitrogens with zero attached hydrogens (tertiary/aromatic N) is 4. The summed E-state index contributed by atoms with van der Waals surface area (Å²) in [5.74, 6) is 1.89. The number of anilines is 2. The van der Waals surface area contributed by atoms with E-state index < -0.39 is 0 Å². The molecule has 28 heavy (non-hydrogen) atoms. The Balaban J connectivity index is 1.55. The Morgan fingerprint density at radius 1 is 1.04 bits per heavy atom. The summed E-state index contributed by atoms with van der Waals surface area (Å²) >= 11 is 0. The van der Waals surface area contributed by atoms with Crippen molar-refractivity contribution in [1.82, 2.24) is 10.2 Å². The van der Waals surface area contributed by atoms with Gasteiger partial charge in [-0.25, -0.2) is 0 Å². The van der Waals surface area contributed by atoms with Crippen LogP contribution in [-0.4, -0.2) is 65.3 Å². The van der Waals surface area contributed by atoms with Crippen molar-refractivity contribution >= 4 is 17.3 Å². The van der Waals surface area contributed by atoms with Gasteiger partial charge in [0, 0.05) is 59.6 Å². The van der Waals surface area contributed by atoms with Crippen molar-refractivity contribution in [1.29, 1.82) is 0 Å². The molecule has 0 aliphatic carbocycles. The third-order valence-corrected chi connectivity index (χ3v) is 5.12. The van der Waals surface area contributed by atoms with Crippen molar-refractivity contribution in [2.75, 3.05) is 64.2 Å². The summed E-state index contributed by atoms with van der Waals surface area (Å²) in [7, 11) is 7.69. The fourth-order valence-corrected chi connectivity index (χ4v) is 3.48. The molecule has 0 unspecified atom stereocenters. The van der Waals surface area contributed by atoms with E-state index in [4.69, 9.17) is 4.74 Å². The third-order valence-electron chi connectivity index (χ3n) is 5.12. The van der Waals surface area contributed by atoms with Crippen molar-refractivity contribution in [3.63, 3.8) is 0 Å². The first-order chi connectivity index (χ1) is 13.6.